The molecule has 2 aromatic heterocycles. The minimum Gasteiger partial charge on any atom is -0.384 e. The predicted molar refractivity (Wildman–Crippen MR) is 102 cm³/mol. The third-order valence-electron chi connectivity index (χ3n) is 4.14. The molecule has 0 unspecified atom stereocenters. The molecular weight excluding hydrogens is 366 g/mol. The SMILES string of the molecule is CC(C)(C)c1cc(NC(=O)C(F)(F)c2ccc(-c3ccc(N)nc3)cc2)no1. The molecule has 1 aromatic carbocycles. The summed E-state index contributed by atoms with van der Waals surface area (Å²) < 4.78 is 34.2. The second-order valence-corrected chi connectivity index (χ2v) is 7.40. The van der Waals surface area contributed by atoms with Gasteiger partial charge in [0.1, 0.15) is 11.6 Å². The number of nitrogens with one attached hydrogen (secondary N) is 1. The molecule has 0 fully saturated rings. The molecule has 28 heavy (non-hydrogen) atoms. The van der Waals surface area contributed by atoms with Crippen molar-refractivity contribution in [1.29, 1.82) is 0 Å². The molecule has 0 aliphatic heterocycles. The molecule has 8 heteroatoms. The van der Waals surface area contributed by atoms with E-state index in [1.165, 1.54) is 30.3 Å². The quantitative estimate of drug-likeness (QED) is 0.695. The number of aromatic nitrogens is 2. The fourth-order valence-corrected chi connectivity index (χ4v) is 2.46. The van der Waals surface area contributed by atoms with Crippen LogP contribution < -0.4 is 11.1 Å². The Morgan fingerprint density at radius 3 is 2.25 bits per heavy atom. The Labute approximate surface area is 160 Å². The van der Waals surface area contributed by atoms with Crippen LogP contribution in [0.15, 0.2) is 53.2 Å². The lowest BCUT2D eigenvalue weighted by atomic mass is 9.93. The van der Waals surface area contributed by atoms with E-state index in [-0.39, 0.29) is 11.2 Å². The number of rotatable bonds is 4. The first-order valence-electron chi connectivity index (χ1n) is 8.56. The summed E-state index contributed by atoms with van der Waals surface area (Å²) >= 11 is 0. The highest BCUT2D eigenvalue weighted by atomic mass is 19.3. The monoisotopic (exact) mass is 386 g/mol. The van der Waals surface area contributed by atoms with Crippen molar-refractivity contribution in [2.75, 3.05) is 11.1 Å². The van der Waals surface area contributed by atoms with Crippen LogP contribution in [0.2, 0.25) is 0 Å². The van der Waals surface area contributed by atoms with Gasteiger partial charge in [-0.15, -0.1) is 0 Å². The van der Waals surface area contributed by atoms with Crippen LogP contribution in [0.25, 0.3) is 11.1 Å². The Kier molecular flexibility index (Phi) is 4.89. The zero-order valence-corrected chi connectivity index (χ0v) is 15.7. The summed E-state index contributed by atoms with van der Waals surface area (Å²) in [5, 5.41) is 5.74. The highest BCUT2D eigenvalue weighted by molar-refractivity contribution is 5.96. The van der Waals surface area contributed by atoms with Crippen LogP contribution in [0, 0.1) is 0 Å². The molecule has 0 atom stereocenters. The van der Waals surface area contributed by atoms with Gasteiger partial charge in [-0.2, -0.15) is 8.78 Å². The molecule has 146 valence electrons. The second-order valence-electron chi connectivity index (χ2n) is 7.40. The highest BCUT2D eigenvalue weighted by Gasteiger charge is 2.41. The normalized spacial score (nSPS) is 12.0. The van der Waals surface area contributed by atoms with Gasteiger partial charge < -0.3 is 15.6 Å². The summed E-state index contributed by atoms with van der Waals surface area (Å²) in [6.45, 7) is 5.64. The number of carbonyl (C=O) groups is 1. The lowest BCUT2D eigenvalue weighted by Gasteiger charge is -2.16. The Morgan fingerprint density at radius 2 is 1.71 bits per heavy atom. The fourth-order valence-electron chi connectivity index (χ4n) is 2.46. The van der Waals surface area contributed by atoms with Gasteiger partial charge in [0.25, 0.3) is 0 Å². The van der Waals surface area contributed by atoms with Crippen molar-refractivity contribution >= 4 is 17.5 Å². The molecule has 0 saturated carbocycles. The smallest absolute Gasteiger partial charge is 0.350 e. The van der Waals surface area contributed by atoms with Gasteiger partial charge in [-0.1, -0.05) is 50.2 Å². The largest absolute Gasteiger partial charge is 0.384 e. The van der Waals surface area contributed by atoms with Gasteiger partial charge in [-0.25, -0.2) is 4.98 Å². The van der Waals surface area contributed by atoms with Gasteiger partial charge in [0.15, 0.2) is 5.82 Å². The zero-order valence-electron chi connectivity index (χ0n) is 15.7. The number of carbonyl (C=O) groups excluding carboxylic acids is 1. The summed E-state index contributed by atoms with van der Waals surface area (Å²) in [5.74, 6) is -4.43. The van der Waals surface area contributed by atoms with Crippen molar-refractivity contribution in [3.8, 4) is 11.1 Å². The number of nitrogen functional groups attached to an aromatic ring is 1. The van der Waals surface area contributed by atoms with Gasteiger partial charge in [0.2, 0.25) is 0 Å². The van der Waals surface area contributed by atoms with Crippen LogP contribution in [-0.4, -0.2) is 16.0 Å². The topological polar surface area (TPSA) is 94.0 Å². The minimum absolute atomic E-state index is 0.0563. The summed E-state index contributed by atoms with van der Waals surface area (Å²) in [6, 6.07) is 10.2. The molecule has 0 spiro atoms. The maximum Gasteiger partial charge on any atom is 0.350 e. The van der Waals surface area contributed by atoms with E-state index < -0.39 is 17.4 Å². The van der Waals surface area contributed by atoms with Gasteiger partial charge in [-0.05, 0) is 17.7 Å². The maximum absolute atomic E-state index is 14.6. The average Bonchev–Trinajstić information content (AvgIpc) is 3.11. The number of hydrogen-bond acceptors (Lipinski definition) is 5. The number of hydrogen-bond donors (Lipinski definition) is 2. The van der Waals surface area contributed by atoms with Crippen LogP contribution in [0.1, 0.15) is 32.1 Å². The van der Waals surface area contributed by atoms with Crippen LogP contribution in [0.5, 0.6) is 0 Å². The lowest BCUT2D eigenvalue weighted by molar-refractivity contribution is -0.141. The fraction of sp³-hybridized carbons (Fsp3) is 0.250. The molecule has 0 aliphatic carbocycles. The number of nitrogens with zero attached hydrogens (tertiary/aromatic N) is 2. The number of benzene rings is 1. The van der Waals surface area contributed by atoms with Crippen molar-refractivity contribution in [3.63, 3.8) is 0 Å². The van der Waals surface area contributed by atoms with Crippen molar-refractivity contribution in [2.24, 2.45) is 0 Å². The lowest BCUT2D eigenvalue weighted by Crippen LogP contribution is -2.32. The molecule has 0 bridgehead atoms. The summed E-state index contributed by atoms with van der Waals surface area (Å²) in [6.07, 6.45) is 1.55. The van der Waals surface area contributed by atoms with E-state index in [0.717, 1.165) is 5.56 Å². The Hall–Kier alpha value is -3.29. The first-order valence-corrected chi connectivity index (χ1v) is 8.56. The van der Waals surface area contributed by atoms with Gasteiger partial charge >= 0.3 is 11.8 Å². The minimum atomic E-state index is -3.74. The van der Waals surface area contributed by atoms with Crippen LogP contribution in [0.3, 0.4) is 0 Å². The van der Waals surface area contributed by atoms with Gasteiger partial charge in [-0.3, -0.25) is 4.79 Å². The van der Waals surface area contributed by atoms with E-state index in [1.54, 1.807) is 18.3 Å². The molecule has 0 saturated heterocycles. The third kappa shape index (κ3) is 4.00. The van der Waals surface area contributed by atoms with E-state index >= 15 is 0 Å². The summed E-state index contributed by atoms with van der Waals surface area (Å²) in [4.78, 5) is 16.1. The van der Waals surface area contributed by atoms with Crippen LogP contribution in [-0.2, 0) is 16.1 Å². The van der Waals surface area contributed by atoms with E-state index in [9.17, 15) is 13.6 Å². The Balaban J connectivity index is 1.76. The van der Waals surface area contributed by atoms with E-state index in [2.05, 4.69) is 15.5 Å². The Bertz CT molecular complexity index is 975. The second kappa shape index (κ2) is 7.03. The molecular formula is C20H20F2N4O2. The molecule has 1 amide bonds. The number of nitrogens with two attached hydrogens (primary N) is 1. The van der Waals surface area contributed by atoms with Crippen LogP contribution in [0.4, 0.5) is 20.4 Å². The van der Waals surface area contributed by atoms with E-state index in [0.29, 0.717) is 17.1 Å². The maximum atomic E-state index is 14.6. The van der Waals surface area contributed by atoms with E-state index in [1.807, 2.05) is 20.8 Å². The summed E-state index contributed by atoms with van der Waals surface area (Å²) in [5.41, 5.74) is 6.16. The average molecular weight is 386 g/mol. The molecule has 6 nitrogen and oxygen atoms in total. The van der Waals surface area contributed by atoms with Crippen molar-refractivity contribution < 1.29 is 18.1 Å². The molecule has 0 radical (unpaired) electrons. The number of anilines is 2. The third-order valence-corrected chi connectivity index (χ3v) is 4.14. The Morgan fingerprint density at radius 1 is 1.07 bits per heavy atom. The highest BCUT2D eigenvalue weighted by Crippen LogP contribution is 2.32. The zero-order chi connectivity index (χ0) is 20.5. The summed E-state index contributed by atoms with van der Waals surface area (Å²) in [7, 11) is 0. The molecule has 0 aliphatic rings. The number of pyridine rings is 1. The van der Waals surface area contributed by atoms with Crippen molar-refractivity contribution in [1.82, 2.24) is 10.1 Å². The molecule has 3 aromatic rings. The van der Waals surface area contributed by atoms with Gasteiger partial charge in [0.05, 0.1) is 0 Å². The first kappa shape index (κ1) is 19.5. The standard InChI is InChI=1S/C20H20F2N4O2/c1-19(2,3)15-10-17(26-28-15)25-18(27)20(21,22)14-7-4-12(5-8-14)13-6-9-16(23)24-11-13/h4-11H,1-3H3,(H2,23,24)(H,25,26,27). The number of amides is 1. The predicted octanol–water partition coefficient (Wildman–Crippen LogP) is 4.35. The van der Waals surface area contributed by atoms with Crippen LogP contribution >= 0.6 is 0 Å². The van der Waals surface area contributed by atoms with E-state index in [4.69, 9.17) is 10.3 Å². The van der Waals surface area contributed by atoms with Gasteiger partial charge in [0, 0.05) is 28.8 Å². The molecule has 3 rings (SSSR count). The first-order chi connectivity index (χ1) is 13.1. The molecule has 2 heterocycles. The molecule has 3 N–H and O–H groups in total. The van der Waals surface area contributed by atoms with Crippen molar-refractivity contribution in [2.45, 2.75) is 32.1 Å². The van der Waals surface area contributed by atoms with Crippen molar-refractivity contribution in [3.05, 3.63) is 60.0 Å². The number of alkyl halides is 2. The number of halogens is 2.